The van der Waals surface area contributed by atoms with Crippen molar-refractivity contribution < 1.29 is 28.6 Å². The van der Waals surface area contributed by atoms with E-state index in [1.807, 2.05) is 0 Å². The lowest BCUT2D eigenvalue weighted by atomic mass is 10.0. The minimum Gasteiger partial charge on any atom is -0.462 e. The Morgan fingerprint density at radius 1 is 0.284 bits per heavy atom. The van der Waals surface area contributed by atoms with Gasteiger partial charge in [0, 0.05) is 19.3 Å². The number of carbonyl (C=O) groups excluding carboxylic acids is 3. The average Bonchev–Trinajstić information content (AvgIpc) is 3.40. The fourth-order valence-electron chi connectivity index (χ4n) is 8.91. The third-order valence-electron chi connectivity index (χ3n) is 13.6. The van der Waals surface area contributed by atoms with Gasteiger partial charge in [-0.05, 0) is 96.3 Å². The van der Waals surface area contributed by atoms with Crippen molar-refractivity contribution in [1.82, 2.24) is 0 Å². The van der Waals surface area contributed by atoms with Crippen LogP contribution in [0.5, 0.6) is 0 Å². The lowest BCUT2D eigenvalue weighted by molar-refractivity contribution is -0.167. The number of rotatable bonds is 57. The van der Waals surface area contributed by atoms with E-state index in [1.165, 1.54) is 167 Å². The number of esters is 3. The van der Waals surface area contributed by atoms with Gasteiger partial charge in [-0.2, -0.15) is 0 Å². The first kappa shape index (κ1) is 70.6. The minimum absolute atomic E-state index is 0.0880. The highest BCUT2D eigenvalue weighted by atomic mass is 16.6. The van der Waals surface area contributed by atoms with Crippen molar-refractivity contribution in [3.8, 4) is 0 Å². The highest BCUT2D eigenvalue weighted by Gasteiger charge is 2.19. The highest BCUT2D eigenvalue weighted by molar-refractivity contribution is 5.71. The molecule has 0 N–H and O–H groups in total. The second kappa shape index (κ2) is 62.1. The van der Waals surface area contributed by atoms with E-state index in [9.17, 15) is 14.4 Å². The van der Waals surface area contributed by atoms with Crippen LogP contribution in [0.15, 0.2) is 85.1 Å². The molecule has 0 aliphatic rings. The molecule has 0 bridgehead atoms. The van der Waals surface area contributed by atoms with Crippen LogP contribution in [0.2, 0.25) is 0 Å². The Balaban J connectivity index is 4.38. The summed E-state index contributed by atoms with van der Waals surface area (Å²) in [7, 11) is 0. The van der Waals surface area contributed by atoms with Gasteiger partial charge in [0.25, 0.3) is 0 Å². The summed E-state index contributed by atoms with van der Waals surface area (Å²) in [6.07, 6.45) is 81.5. The Labute approximate surface area is 458 Å². The Morgan fingerprint density at radius 2 is 0.527 bits per heavy atom. The normalized spacial score (nSPS) is 12.6. The molecular weight excluding hydrogens is 913 g/mol. The van der Waals surface area contributed by atoms with Gasteiger partial charge in [-0.15, -0.1) is 0 Å². The molecule has 0 aliphatic heterocycles. The molecule has 426 valence electrons. The molecule has 0 rings (SSSR count). The second-order valence-electron chi connectivity index (χ2n) is 20.9. The summed E-state index contributed by atoms with van der Waals surface area (Å²) >= 11 is 0. The van der Waals surface area contributed by atoms with E-state index in [2.05, 4.69) is 106 Å². The molecule has 0 aromatic carbocycles. The first-order valence-corrected chi connectivity index (χ1v) is 31.6. The zero-order valence-corrected chi connectivity index (χ0v) is 48.8. The van der Waals surface area contributed by atoms with Crippen molar-refractivity contribution >= 4 is 17.9 Å². The summed E-state index contributed by atoms with van der Waals surface area (Å²) in [6, 6.07) is 0. The predicted octanol–water partition coefficient (Wildman–Crippen LogP) is 21.5. The second-order valence-corrected chi connectivity index (χ2v) is 20.9. The molecule has 0 radical (unpaired) electrons. The maximum atomic E-state index is 12.9. The Morgan fingerprint density at radius 3 is 0.838 bits per heavy atom. The van der Waals surface area contributed by atoms with Gasteiger partial charge in [0.05, 0.1) is 0 Å². The summed E-state index contributed by atoms with van der Waals surface area (Å²) in [6.45, 7) is 6.52. The zero-order valence-electron chi connectivity index (χ0n) is 48.8. The Kier molecular flexibility index (Phi) is 59.3. The van der Waals surface area contributed by atoms with E-state index in [0.717, 1.165) is 103 Å². The van der Waals surface area contributed by atoms with Crippen molar-refractivity contribution in [2.45, 2.75) is 316 Å². The molecule has 0 heterocycles. The fourth-order valence-corrected chi connectivity index (χ4v) is 8.91. The molecule has 0 aromatic heterocycles. The smallest absolute Gasteiger partial charge is 0.306 e. The number of hydrogen-bond acceptors (Lipinski definition) is 6. The SMILES string of the molecule is CC/C=C\C/C=C\C/C=C\C/C=C\C/C=C\CCCCCC(=O)OC(COC(=O)CCCCCCCCCCCCC/C=C\C/C=C\CCCCCCC)COC(=O)CCCCCCCCCCCCCCCC. The van der Waals surface area contributed by atoms with Crippen molar-refractivity contribution in [3.05, 3.63) is 85.1 Å². The monoisotopic (exact) mass is 1030 g/mol. The van der Waals surface area contributed by atoms with Crippen molar-refractivity contribution in [2.75, 3.05) is 13.2 Å². The van der Waals surface area contributed by atoms with Gasteiger partial charge in [-0.3, -0.25) is 14.4 Å². The van der Waals surface area contributed by atoms with Gasteiger partial charge in [0.1, 0.15) is 13.2 Å². The maximum Gasteiger partial charge on any atom is 0.306 e. The third-order valence-corrected chi connectivity index (χ3v) is 13.6. The lowest BCUT2D eigenvalue weighted by Crippen LogP contribution is -2.30. The highest BCUT2D eigenvalue weighted by Crippen LogP contribution is 2.16. The van der Waals surface area contributed by atoms with Gasteiger partial charge in [-0.1, -0.05) is 279 Å². The van der Waals surface area contributed by atoms with Gasteiger partial charge in [0.15, 0.2) is 6.10 Å². The van der Waals surface area contributed by atoms with Gasteiger partial charge in [0.2, 0.25) is 0 Å². The molecule has 0 aromatic rings. The van der Waals surface area contributed by atoms with Crippen molar-refractivity contribution in [1.29, 1.82) is 0 Å². The first-order chi connectivity index (χ1) is 36.5. The van der Waals surface area contributed by atoms with Crippen LogP contribution in [0.3, 0.4) is 0 Å². The van der Waals surface area contributed by atoms with E-state index >= 15 is 0 Å². The molecular formula is C68H118O6. The average molecular weight is 1030 g/mol. The molecule has 0 spiro atoms. The van der Waals surface area contributed by atoms with Gasteiger partial charge in [-0.25, -0.2) is 0 Å². The molecule has 0 saturated carbocycles. The summed E-state index contributed by atoms with van der Waals surface area (Å²) in [4.78, 5) is 38.3. The number of hydrogen-bond donors (Lipinski definition) is 0. The number of unbranched alkanes of at least 4 members (excludes halogenated alkanes) is 32. The largest absolute Gasteiger partial charge is 0.462 e. The van der Waals surface area contributed by atoms with E-state index in [-0.39, 0.29) is 31.1 Å². The molecule has 6 heteroatoms. The van der Waals surface area contributed by atoms with Crippen LogP contribution >= 0.6 is 0 Å². The van der Waals surface area contributed by atoms with Crippen LogP contribution in [0.25, 0.3) is 0 Å². The van der Waals surface area contributed by atoms with Gasteiger partial charge >= 0.3 is 17.9 Å². The lowest BCUT2D eigenvalue weighted by Gasteiger charge is -2.18. The molecule has 1 atom stereocenters. The molecule has 0 aliphatic carbocycles. The maximum absolute atomic E-state index is 12.9. The van der Waals surface area contributed by atoms with E-state index < -0.39 is 6.10 Å². The third kappa shape index (κ3) is 59.5. The Hall–Kier alpha value is -3.41. The van der Waals surface area contributed by atoms with Crippen LogP contribution < -0.4 is 0 Å². The molecule has 74 heavy (non-hydrogen) atoms. The van der Waals surface area contributed by atoms with Crippen LogP contribution in [0.4, 0.5) is 0 Å². The standard InChI is InChI=1S/C68H118O6/c1-4-7-10-13-16-19-22-25-28-30-32-33-34-35-37-38-40-43-46-49-52-55-58-61-67(70)73-64-65(63-72-66(69)60-57-54-51-48-45-42-27-24-21-18-15-12-9-6-3)74-68(71)62-59-56-53-50-47-44-41-39-36-31-29-26-23-20-17-14-11-8-5-2/h8,11,17,20,22,25-26,29-30,32,36,39,44,47,65H,4-7,9-10,12-16,18-19,21,23-24,27-28,31,33-35,37-38,40-43,45-46,48-64H2,1-3H3/b11-8-,20-17-,25-22-,29-26-,32-30-,39-36-,47-44-. The summed E-state index contributed by atoms with van der Waals surface area (Å²) in [5.41, 5.74) is 0. The zero-order chi connectivity index (χ0) is 53.6. The summed E-state index contributed by atoms with van der Waals surface area (Å²) in [5, 5.41) is 0. The summed E-state index contributed by atoms with van der Waals surface area (Å²) < 4.78 is 16.9. The number of ether oxygens (including phenoxy) is 3. The minimum atomic E-state index is -0.795. The van der Waals surface area contributed by atoms with Crippen LogP contribution in [0, 0.1) is 0 Å². The van der Waals surface area contributed by atoms with Crippen molar-refractivity contribution in [2.24, 2.45) is 0 Å². The van der Waals surface area contributed by atoms with Crippen LogP contribution in [-0.2, 0) is 28.6 Å². The predicted molar refractivity (Wildman–Crippen MR) is 321 cm³/mol. The van der Waals surface area contributed by atoms with Crippen molar-refractivity contribution in [3.63, 3.8) is 0 Å². The fraction of sp³-hybridized carbons (Fsp3) is 0.750. The molecule has 0 fully saturated rings. The van der Waals surface area contributed by atoms with E-state index in [4.69, 9.17) is 14.2 Å². The topological polar surface area (TPSA) is 78.9 Å². The Bertz CT molecular complexity index is 1420. The van der Waals surface area contributed by atoms with Crippen LogP contribution in [0.1, 0.15) is 310 Å². The quantitative estimate of drug-likeness (QED) is 0.0261. The van der Waals surface area contributed by atoms with E-state index in [1.54, 1.807) is 0 Å². The molecule has 6 nitrogen and oxygen atoms in total. The summed E-state index contributed by atoms with van der Waals surface area (Å²) in [5.74, 6) is -0.910. The molecule has 1 unspecified atom stereocenters. The van der Waals surface area contributed by atoms with Crippen LogP contribution in [-0.4, -0.2) is 37.2 Å². The first-order valence-electron chi connectivity index (χ1n) is 31.6. The van der Waals surface area contributed by atoms with E-state index in [0.29, 0.717) is 19.3 Å². The van der Waals surface area contributed by atoms with Gasteiger partial charge < -0.3 is 14.2 Å². The molecule has 0 amide bonds. The number of carbonyl (C=O) groups is 3. The number of allylic oxidation sites excluding steroid dienone is 14. The molecule has 0 saturated heterocycles.